The topological polar surface area (TPSA) is 67.4 Å². The van der Waals surface area contributed by atoms with E-state index in [1.54, 1.807) is 31.4 Å². The van der Waals surface area contributed by atoms with Crippen LogP contribution in [0.5, 0.6) is 5.75 Å². The number of hydrogen-bond donors (Lipinski definition) is 2. The minimum Gasteiger partial charge on any atom is -0.497 e. The fourth-order valence-electron chi connectivity index (χ4n) is 1.45. The van der Waals surface area contributed by atoms with Crippen LogP contribution < -0.4 is 15.4 Å². The number of nitrogens with one attached hydrogen (secondary N) is 2. The molecule has 2 N–H and O–H groups in total. The van der Waals surface area contributed by atoms with E-state index in [1.807, 2.05) is 13.8 Å². The van der Waals surface area contributed by atoms with E-state index in [-0.39, 0.29) is 24.3 Å². The highest BCUT2D eigenvalue weighted by molar-refractivity contribution is 6.03. The van der Waals surface area contributed by atoms with Gasteiger partial charge in [-0.05, 0) is 37.6 Å². The van der Waals surface area contributed by atoms with Gasteiger partial charge in [0.1, 0.15) is 12.2 Å². The van der Waals surface area contributed by atoms with Gasteiger partial charge in [0.25, 0.3) is 0 Å². The predicted molar refractivity (Wildman–Crippen MR) is 74.1 cm³/mol. The molecule has 2 amide bonds. The molecule has 1 aromatic rings. The molecule has 0 bridgehead atoms. The summed E-state index contributed by atoms with van der Waals surface area (Å²) >= 11 is 0. The summed E-state index contributed by atoms with van der Waals surface area (Å²) < 4.78 is 5.02. The van der Waals surface area contributed by atoms with Crippen LogP contribution in [0.1, 0.15) is 26.7 Å². The summed E-state index contributed by atoms with van der Waals surface area (Å²) in [4.78, 5) is 23.2. The van der Waals surface area contributed by atoms with Gasteiger partial charge in [-0.1, -0.05) is 6.92 Å². The number of amides is 2. The predicted octanol–water partition coefficient (Wildman–Crippen LogP) is 1.94. The van der Waals surface area contributed by atoms with Crippen molar-refractivity contribution in [2.24, 2.45) is 0 Å². The molecule has 1 atom stereocenters. The van der Waals surface area contributed by atoms with E-state index in [1.165, 1.54) is 0 Å². The van der Waals surface area contributed by atoms with Crippen molar-refractivity contribution < 1.29 is 14.3 Å². The average Bonchev–Trinajstić information content (AvgIpc) is 2.39. The molecule has 0 fully saturated rings. The number of rotatable bonds is 6. The van der Waals surface area contributed by atoms with Crippen LogP contribution in [-0.4, -0.2) is 25.0 Å². The summed E-state index contributed by atoms with van der Waals surface area (Å²) in [6.45, 7) is 3.88. The number of carbonyl (C=O) groups is 2. The lowest BCUT2D eigenvalue weighted by atomic mass is 10.2. The number of ether oxygens (including phenoxy) is 1. The van der Waals surface area contributed by atoms with Crippen molar-refractivity contribution in [3.05, 3.63) is 24.3 Å². The molecule has 1 unspecified atom stereocenters. The quantitative estimate of drug-likeness (QED) is 0.772. The zero-order valence-corrected chi connectivity index (χ0v) is 11.5. The maximum Gasteiger partial charge on any atom is 0.233 e. The van der Waals surface area contributed by atoms with Crippen LogP contribution >= 0.6 is 0 Å². The molecule has 1 aromatic carbocycles. The number of anilines is 1. The average molecular weight is 264 g/mol. The molecule has 0 aliphatic carbocycles. The van der Waals surface area contributed by atoms with Crippen LogP contribution in [0.15, 0.2) is 24.3 Å². The Labute approximate surface area is 113 Å². The van der Waals surface area contributed by atoms with Gasteiger partial charge in [0.2, 0.25) is 11.8 Å². The molecule has 0 spiro atoms. The molecular formula is C14H20N2O3. The van der Waals surface area contributed by atoms with Gasteiger partial charge in [0.05, 0.1) is 7.11 Å². The van der Waals surface area contributed by atoms with Crippen molar-refractivity contribution >= 4 is 17.5 Å². The van der Waals surface area contributed by atoms with Crippen LogP contribution in [0.25, 0.3) is 0 Å². The van der Waals surface area contributed by atoms with Crippen LogP contribution in [0.3, 0.4) is 0 Å². The Kier molecular flexibility index (Phi) is 5.85. The summed E-state index contributed by atoms with van der Waals surface area (Å²) in [6, 6.07) is 7.03. The first-order chi connectivity index (χ1) is 9.05. The zero-order valence-electron chi connectivity index (χ0n) is 11.5. The van der Waals surface area contributed by atoms with E-state index < -0.39 is 0 Å². The Balaban J connectivity index is 2.43. The standard InChI is InChI=1S/C14H20N2O3/c1-4-10(2)15-13(17)9-14(18)16-11-5-7-12(19-3)8-6-11/h5-8,10H,4,9H2,1-3H3,(H,15,17)(H,16,18). The van der Waals surface area contributed by atoms with Crippen LogP contribution in [0.2, 0.25) is 0 Å². The minimum absolute atomic E-state index is 0.0845. The number of carbonyl (C=O) groups excluding carboxylic acids is 2. The van der Waals surface area contributed by atoms with E-state index in [0.717, 1.165) is 6.42 Å². The second-order valence-electron chi connectivity index (χ2n) is 4.33. The molecule has 1 rings (SSSR count). The van der Waals surface area contributed by atoms with Gasteiger partial charge in [-0.25, -0.2) is 0 Å². The molecule has 0 heterocycles. The van der Waals surface area contributed by atoms with Crippen molar-refractivity contribution in [3.63, 3.8) is 0 Å². The molecule has 5 nitrogen and oxygen atoms in total. The monoisotopic (exact) mass is 264 g/mol. The maximum atomic E-state index is 11.6. The first kappa shape index (κ1) is 15.0. The van der Waals surface area contributed by atoms with Gasteiger partial charge >= 0.3 is 0 Å². The van der Waals surface area contributed by atoms with Crippen molar-refractivity contribution in [3.8, 4) is 5.75 Å². The molecule has 0 radical (unpaired) electrons. The lowest BCUT2D eigenvalue weighted by molar-refractivity contribution is -0.127. The molecule has 0 aromatic heterocycles. The van der Waals surface area contributed by atoms with E-state index in [9.17, 15) is 9.59 Å². The Hall–Kier alpha value is -2.04. The van der Waals surface area contributed by atoms with Crippen LogP contribution in [0, 0.1) is 0 Å². The number of hydrogen-bond acceptors (Lipinski definition) is 3. The molecule has 5 heteroatoms. The summed E-state index contributed by atoms with van der Waals surface area (Å²) in [5, 5.41) is 5.40. The van der Waals surface area contributed by atoms with Crippen molar-refractivity contribution in [2.75, 3.05) is 12.4 Å². The smallest absolute Gasteiger partial charge is 0.233 e. The highest BCUT2D eigenvalue weighted by atomic mass is 16.5. The second-order valence-corrected chi connectivity index (χ2v) is 4.33. The largest absolute Gasteiger partial charge is 0.497 e. The highest BCUT2D eigenvalue weighted by Gasteiger charge is 2.11. The first-order valence-electron chi connectivity index (χ1n) is 6.28. The van der Waals surface area contributed by atoms with Gasteiger partial charge in [-0.3, -0.25) is 9.59 Å². The van der Waals surface area contributed by atoms with Gasteiger partial charge < -0.3 is 15.4 Å². The normalized spacial score (nSPS) is 11.5. The van der Waals surface area contributed by atoms with Gasteiger partial charge in [-0.15, -0.1) is 0 Å². The highest BCUT2D eigenvalue weighted by Crippen LogP contribution is 2.14. The van der Waals surface area contributed by atoms with Gasteiger partial charge in [-0.2, -0.15) is 0 Å². The molecule has 104 valence electrons. The SMILES string of the molecule is CCC(C)NC(=O)CC(=O)Nc1ccc(OC)cc1. The lowest BCUT2D eigenvalue weighted by Crippen LogP contribution is -2.34. The number of benzene rings is 1. The fourth-order valence-corrected chi connectivity index (χ4v) is 1.45. The van der Waals surface area contributed by atoms with Crippen molar-refractivity contribution in [1.82, 2.24) is 5.32 Å². The Morgan fingerprint density at radius 1 is 1.21 bits per heavy atom. The van der Waals surface area contributed by atoms with E-state index in [0.29, 0.717) is 11.4 Å². The Morgan fingerprint density at radius 2 is 1.84 bits per heavy atom. The third-order valence-corrected chi connectivity index (χ3v) is 2.71. The summed E-state index contributed by atoms with van der Waals surface area (Å²) in [7, 11) is 1.58. The minimum atomic E-state index is -0.328. The van der Waals surface area contributed by atoms with E-state index in [2.05, 4.69) is 10.6 Å². The van der Waals surface area contributed by atoms with E-state index in [4.69, 9.17) is 4.74 Å². The van der Waals surface area contributed by atoms with Crippen molar-refractivity contribution in [2.45, 2.75) is 32.7 Å². The fraction of sp³-hybridized carbons (Fsp3) is 0.429. The van der Waals surface area contributed by atoms with Crippen molar-refractivity contribution in [1.29, 1.82) is 0 Å². The number of methoxy groups -OCH3 is 1. The third kappa shape index (κ3) is 5.42. The van der Waals surface area contributed by atoms with Gasteiger partial charge in [0, 0.05) is 11.7 Å². The van der Waals surface area contributed by atoms with Gasteiger partial charge in [0.15, 0.2) is 0 Å². The Bertz CT molecular complexity index is 429. The molecule has 0 saturated heterocycles. The second kappa shape index (κ2) is 7.41. The summed E-state index contributed by atoms with van der Waals surface area (Å²) in [5.74, 6) is 0.124. The zero-order chi connectivity index (χ0) is 14.3. The molecule has 19 heavy (non-hydrogen) atoms. The maximum absolute atomic E-state index is 11.6. The molecule has 0 aliphatic rings. The van der Waals surface area contributed by atoms with Crippen LogP contribution in [-0.2, 0) is 9.59 Å². The summed E-state index contributed by atoms with van der Waals surface area (Å²) in [5.41, 5.74) is 0.641. The Morgan fingerprint density at radius 3 is 2.37 bits per heavy atom. The van der Waals surface area contributed by atoms with E-state index >= 15 is 0 Å². The lowest BCUT2D eigenvalue weighted by Gasteiger charge is -2.11. The third-order valence-electron chi connectivity index (χ3n) is 2.71. The summed E-state index contributed by atoms with van der Waals surface area (Å²) in [6.07, 6.45) is 0.669. The first-order valence-corrected chi connectivity index (χ1v) is 6.28. The molecule has 0 aliphatic heterocycles. The van der Waals surface area contributed by atoms with Crippen LogP contribution in [0.4, 0.5) is 5.69 Å². The molecule has 0 saturated carbocycles. The molecular weight excluding hydrogens is 244 g/mol.